The van der Waals surface area contributed by atoms with Crippen LogP contribution in [0.4, 0.5) is 0 Å². The maximum atomic E-state index is 12.8. The second-order valence-electron chi connectivity index (χ2n) is 7.39. The van der Waals surface area contributed by atoms with Crippen LogP contribution >= 0.6 is 15.9 Å². The minimum absolute atomic E-state index is 0.0888. The van der Waals surface area contributed by atoms with Crippen LogP contribution in [0.15, 0.2) is 59.1 Å². The minimum Gasteiger partial charge on any atom is -0.379 e. The largest absolute Gasteiger partial charge is 0.379 e. The molecule has 6 nitrogen and oxygen atoms in total. The molecule has 1 fully saturated rings. The quantitative estimate of drug-likeness (QED) is 0.617. The molecule has 0 aromatic heterocycles. The molecular weight excluding hydrogens is 446 g/mol. The number of hydrogen-bond acceptors (Lipinski definition) is 4. The smallest absolute Gasteiger partial charge is 0.222 e. The van der Waals surface area contributed by atoms with E-state index in [2.05, 4.69) is 43.6 Å². The number of nitrogens with one attached hydrogen (secondary N) is 2. The van der Waals surface area contributed by atoms with Gasteiger partial charge in [0.1, 0.15) is 0 Å². The third-order valence-electron chi connectivity index (χ3n) is 5.20. The first-order chi connectivity index (χ1) is 14.5. The van der Waals surface area contributed by atoms with Gasteiger partial charge in [-0.2, -0.15) is 0 Å². The topological polar surface area (TPSA) is 70.7 Å². The van der Waals surface area contributed by atoms with Crippen LogP contribution in [0.5, 0.6) is 0 Å². The molecule has 0 bridgehead atoms. The van der Waals surface area contributed by atoms with E-state index in [-0.39, 0.29) is 30.3 Å². The van der Waals surface area contributed by atoms with E-state index in [1.165, 1.54) is 12.5 Å². The van der Waals surface area contributed by atoms with Gasteiger partial charge >= 0.3 is 0 Å². The lowest BCUT2D eigenvalue weighted by atomic mass is 10.0. The summed E-state index contributed by atoms with van der Waals surface area (Å²) < 4.78 is 6.44. The molecule has 0 spiro atoms. The predicted molar refractivity (Wildman–Crippen MR) is 120 cm³/mol. The second-order valence-corrected chi connectivity index (χ2v) is 8.30. The summed E-state index contributed by atoms with van der Waals surface area (Å²) in [6, 6.07) is 17.6. The van der Waals surface area contributed by atoms with Gasteiger partial charge in [-0.25, -0.2) is 0 Å². The fourth-order valence-corrected chi connectivity index (χ4v) is 3.95. The number of morpholine rings is 1. The number of carbonyl (C=O) groups excluding carboxylic acids is 2. The van der Waals surface area contributed by atoms with Gasteiger partial charge < -0.3 is 15.4 Å². The highest BCUT2D eigenvalue weighted by molar-refractivity contribution is 9.10. The summed E-state index contributed by atoms with van der Waals surface area (Å²) in [5.41, 5.74) is 2.07. The van der Waals surface area contributed by atoms with Crippen LogP contribution in [0.3, 0.4) is 0 Å². The van der Waals surface area contributed by atoms with Gasteiger partial charge in [0, 0.05) is 31.0 Å². The van der Waals surface area contributed by atoms with Gasteiger partial charge in [0.25, 0.3) is 0 Å². The molecule has 2 amide bonds. The van der Waals surface area contributed by atoms with E-state index in [9.17, 15) is 9.59 Å². The van der Waals surface area contributed by atoms with Crippen molar-refractivity contribution in [3.05, 3.63) is 70.2 Å². The van der Waals surface area contributed by atoms with Gasteiger partial charge in [-0.1, -0.05) is 58.4 Å². The first-order valence-corrected chi connectivity index (χ1v) is 11.0. The van der Waals surface area contributed by atoms with Crippen LogP contribution < -0.4 is 10.6 Å². The molecule has 1 saturated heterocycles. The molecule has 160 valence electrons. The van der Waals surface area contributed by atoms with Crippen molar-refractivity contribution in [1.29, 1.82) is 0 Å². The molecule has 2 atom stereocenters. The van der Waals surface area contributed by atoms with Gasteiger partial charge in [-0.15, -0.1) is 0 Å². The van der Waals surface area contributed by atoms with Crippen molar-refractivity contribution in [2.45, 2.75) is 25.4 Å². The zero-order chi connectivity index (χ0) is 21.3. The average Bonchev–Trinajstić information content (AvgIpc) is 2.75. The Kier molecular flexibility index (Phi) is 8.42. The maximum Gasteiger partial charge on any atom is 0.222 e. The molecule has 0 saturated carbocycles. The Bertz CT molecular complexity index is 823. The molecule has 2 unspecified atom stereocenters. The predicted octanol–water partition coefficient (Wildman–Crippen LogP) is 3.21. The molecular formula is C23H28BrN3O3. The van der Waals surface area contributed by atoms with Gasteiger partial charge in [0.05, 0.1) is 31.7 Å². The van der Waals surface area contributed by atoms with Gasteiger partial charge in [-0.3, -0.25) is 14.5 Å². The van der Waals surface area contributed by atoms with Gasteiger partial charge in [-0.05, 0) is 23.3 Å². The third kappa shape index (κ3) is 6.65. The normalized spacial score (nSPS) is 16.5. The van der Waals surface area contributed by atoms with Crippen LogP contribution in [0.2, 0.25) is 0 Å². The van der Waals surface area contributed by atoms with Crippen LogP contribution in [0, 0.1) is 0 Å². The first kappa shape index (κ1) is 22.5. The van der Waals surface area contributed by atoms with Gasteiger partial charge in [0.2, 0.25) is 11.8 Å². The Labute approximate surface area is 186 Å². The highest BCUT2D eigenvalue weighted by Gasteiger charge is 2.24. The average molecular weight is 474 g/mol. The number of hydrogen-bond donors (Lipinski definition) is 2. The lowest BCUT2D eigenvalue weighted by Crippen LogP contribution is -2.44. The Morgan fingerprint density at radius 1 is 1.03 bits per heavy atom. The monoisotopic (exact) mass is 473 g/mol. The lowest BCUT2D eigenvalue weighted by Gasteiger charge is -2.35. The SMILES string of the molecule is CC(=O)NC(CC(=O)NCC(c1ccccc1)N1CCOCC1)c1ccc(Br)cc1. The van der Waals surface area contributed by atoms with Crippen LogP contribution in [-0.2, 0) is 14.3 Å². The van der Waals surface area contributed by atoms with E-state index < -0.39 is 0 Å². The fraction of sp³-hybridized carbons (Fsp3) is 0.391. The number of rotatable bonds is 8. The number of benzene rings is 2. The molecule has 0 radical (unpaired) electrons. The Morgan fingerprint density at radius 2 is 1.70 bits per heavy atom. The molecule has 2 aromatic rings. The molecule has 2 aromatic carbocycles. The molecule has 1 aliphatic heterocycles. The highest BCUT2D eigenvalue weighted by Crippen LogP contribution is 2.22. The van der Waals surface area contributed by atoms with Crippen molar-refractivity contribution >= 4 is 27.7 Å². The standard InChI is InChI=1S/C23H28BrN3O3/c1-17(28)26-21(18-7-9-20(24)10-8-18)15-23(29)25-16-22(19-5-3-2-4-6-19)27-11-13-30-14-12-27/h2-10,21-22H,11-16H2,1H3,(H,25,29)(H,26,28). The van der Waals surface area contributed by atoms with E-state index in [0.717, 1.165) is 23.1 Å². The van der Waals surface area contributed by atoms with Crippen molar-refractivity contribution in [1.82, 2.24) is 15.5 Å². The molecule has 30 heavy (non-hydrogen) atoms. The number of ether oxygens (including phenoxy) is 1. The molecule has 2 N–H and O–H groups in total. The zero-order valence-corrected chi connectivity index (χ0v) is 18.7. The Balaban J connectivity index is 1.65. The number of halogens is 1. The van der Waals surface area contributed by atoms with E-state index in [1.54, 1.807) is 0 Å². The van der Waals surface area contributed by atoms with Crippen LogP contribution in [-0.4, -0.2) is 49.6 Å². The summed E-state index contributed by atoms with van der Waals surface area (Å²) in [6.07, 6.45) is 0.186. The van der Waals surface area contributed by atoms with Gasteiger partial charge in [0.15, 0.2) is 0 Å². The Morgan fingerprint density at radius 3 is 2.33 bits per heavy atom. The van der Waals surface area contributed by atoms with Crippen molar-refractivity contribution in [3.63, 3.8) is 0 Å². The number of nitrogens with zero attached hydrogens (tertiary/aromatic N) is 1. The lowest BCUT2D eigenvalue weighted by molar-refractivity contribution is -0.123. The molecule has 1 aliphatic rings. The second kappa shape index (κ2) is 11.2. The summed E-state index contributed by atoms with van der Waals surface area (Å²) in [7, 11) is 0. The molecule has 3 rings (SSSR count). The minimum atomic E-state index is -0.367. The summed E-state index contributed by atoms with van der Waals surface area (Å²) in [5.74, 6) is -0.253. The van der Waals surface area contributed by atoms with E-state index in [4.69, 9.17) is 4.74 Å². The summed E-state index contributed by atoms with van der Waals surface area (Å²) in [6.45, 7) is 5.05. The third-order valence-corrected chi connectivity index (χ3v) is 5.73. The van der Waals surface area contributed by atoms with Crippen molar-refractivity contribution in [2.24, 2.45) is 0 Å². The highest BCUT2D eigenvalue weighted by atomic mass is 79.9. The van der Waals surface area contributed by atoms with Crippen molar-refractivity contribution in [3.8, 4) is 0 Å². The van der Waals surface area contributed by atoms with Crippen LogP contribution in [0.1, 0.15) is 36.6 Å². The molecule has 0 aliphatic carbocycles. The summed E-state index contributed by atoms with van der Waals surface area (Å²) in [4.78, 5) is 26.8. The van der Waals surface area contributed by atoms with E-state index >= 15 is 0 Å². The molecule has 1 heterocycles. The van der Waals surface area contributed by atoms with E-state index in [1.807, 2.05) is 42.5 Å². The first-order valence-electron chi connectivity index (χ1n) is 10.2. The fourth-order valence-electron chi connectivity index (χ4n) is 3.68. The van der Waals surface area contributed by atoms with Crippen LogP contribution in [0.25, 0.3) is 0 Å². The number of carbonyl (C=O) groups is 2. The van der Waals surface area contributed by atoms with E-state index in [0.29, 0.717) is 19.8 Å². The zero-order valence-electron chi connectivity index (χ0n) is 17.1. The summed E-state index contributed by atoms with van der Waals surface area (Å²) in [5, 5.41) is 5.97. The number of amides is 2. The van der Waals surface area contributed by atoms with Crippen molar-refractivity contribution in [2.75, 3.05) is 32.8 Å². The maximum absolute atomic E-state index is 12.8. The molecule has 7 heteroatoms. The summed E-state index contributed by atoms with van der Waals surface area (Å²) >= 11 is 3.42. The Hall–Kier alpha value is -2.22. The van der Waals surface area contributed by atoms with Crippen molar-refractivity contribution < 1.29 is 14.3 Å².